The number of rotatable bonds is 6. The highest BCUT2D eigenvalue weighted by atomic mass is 16.7. The summed E-state index contributed by atoms with van der Waals surface area (Å²) < 4.78 is 10.5. The summed E-state index contributed by atoms with van der Waals surface area (Å²) in [6.07, 6.45) is 1.35. The molecule has 142 valence electrons. The van der Waals surface area contributed by atoms with Crippen LogP contribution in [0.15, 0.2) is 24.3 Å². The molecule has 7 nitrogen and oxygen atoms in total. The first kappa shape index (κ1) is 18.8. The number of methoxy groups -OCH3 is 2. The minimum absolute atomic E-state index is 0.103. The number of hydrogen-bond donors (Lipinski definition) is 0. The molecule has 2 saturated heterocycles. The van der Waals surface area contributed by atoms with Crippen LogP contribution in [-0.2, 0) is 19.1 Å². The van der Waals surface area contributed by atoms with Gasteiger partial charge in [-0.1, -0.05) is 0 Å². The van der Waals surface area contributed by atoms with E-state index in [9.17, 15) is 9.59 Å². The fourth-order valence-corrected chi connectivity index (χ4v) is 3.50. The topological polar surface area (TPSA) is 62.3 Å². The first-order valence-corrected chi connectivity index (χ1v) is 9.11. The Morgan fingerprint density at radius 1 is 0.885 bits per heavy atom. The van der Waals surface area contributed by atoms with Crippen molar-refractivity contribution in [2.24, 2.45) is 0 Å². The maximum atomic E-state index is 12.0. The molecule has 26 heavy (non-hydrogen) atoms. The first-order chi connectivity index (χ1) is 12.6. The summed E-state index contributed by atoms with van der Waals surface area (Å²) in [5, 5.41) is 0. The Kier molecular flexibility index (Phi) is 6.24. The van der Waals surface area contributed by atoms with Crippen molar-refractivity contribution < 1.29 is 19.1 Å². The number of amides is 2. The molecular weight excluding hydrogens is 334 g/mol. The summed E-state index contributed by atoms with van der Waals surface area (Å²) in [7, 11) is 3.31. The van der Waals surface area contributed by atoms with Gasteiger partial charge in [0.05, 0.1) is 5.69 Å². The Labute approximate surface area is 154 Å². The standard InChI is InChI=1S/C19H27N3O4/c1-25-19(26-2)14-20-10-12-21(13-11-20)15-6-8-16(9-7-15)22-17(23)4-3-5-18(22)24/h6-9,19H,3-5,10-14H2,1-2H3. The van der Waals surface area contributed by atoms with Crippen molar-refractivity contribution >= 4 is 23.2 Å². The van der Waals surface area contributed by atoms with Gasteiger partial charge in [0.25, 0.3) is 0 Å². The molecular formula is C19H27N3O4. The van der Waals surface area contributed by atoms with E-state index in [4.69, 9.17) is 9.47 Å². The second-order valence-electron chi connectivity index (χ2n) is 6.68. The minimum Gasteiger partial charge on any atom is -0.369 e. The van der Waals surface area contributed by atoms with Crippen LogP contribution in [0, 0.1) is 0 Å². The fourth-order valence-electron chi connectivity index (χ4n) is 3.50. The summed E-state index contributed by atoms with van der Waals surface area (Å²) in [6, 6.07) is 7.73. The maximum Gasteiger partial charge on any atom is 0.233 e. The summed E-state index contributed by atoms with van der Waals surface area (Å²) in [5.74, 6) is -0.207. The van der Waals surface area contributed by atoms with Gasteiger partial charge in [0.1, 0.15) is 0 Å². The molecule has 0 bridgehead atoms. The highest BCUT2D eigenvalue weighted by Gasteiger charge is 2.27. The molecule has 2 aliphatic heterocycles. The van der Waals surface area contributed by atoms with Gasteiger partial charge in [-0.25, -0.2) is 0 Å². The lowest BCUT2D eigenvalue weighted by atomic mass is 10.1. The van der Waals surface area contributed by atoms with Gasteiger partial charge in [-0.3, -0.25) is 19.4 Å². The van der Waals surface area contributed by atoms with E-state index < -0.39 is 0 Å². The molecule has 0 unspecified atom stereocenters. The third kappa shape index (κ3) is 4.23. The van der Waals surface area contributed by atoms with Gasteiger partial charge in [-0.2, -0.15) is 0 Å². The van der Waals surface area contributed by atoms with Crippen molar-refractivity contribution in [2.45, 2.75) is 25.6 Å². The van der Waals surface area contributed by atoms with Gasteiger partial charge in [0.15, 0.2) is 6.29 Å². The lowest BCUT2D eigenvalue weighted by molar-refractivity contribution is -0.129. The molecule has 1 aromatic rings. The zero-order valence-electron chi connectivity index (χ0n) is 15.5. The van der Waals surface area contributed by atoms with Crippen molar-refractivity contribution in [2.75, 3.05) is 56.7 Å². The van der Waals surface area contributed by atoms with Crippen molar-refractivity contribution in [1.29, 1.82) is 0 Å². The highest BCUT2D eigenvalue weighted by Crippen LogP contribution is 2.25. The second kappa shape index (κ2) is 8.62. The molecule has 7 heteroatoms. The molecule has 0 aliphatic carbocycles. The average molecular weight is 361 g/mol. The lowest BCUT2D eigenvalue weighted by Crippen LogP contribution is -2.49. The van der Waals surface area contributed by atoms with E-state index in [1.54, 1.807) is 14.2 Å². The van der Waals surface area contributed by atoms with Crippen LogP contribution in [0.2, 0.25) is 0 Å². The number of piperazine rings is 1. The minimum atomic E-state index is -0.194. The number of imide groups is 1. The quantitative estimate of drug-likeness (QED) is 0.565. The Morgan fingerprint density at radius 3 is 1.96 bits per heavy atom. The van der Waals surface area contributed by atoms with E-state index >= 15 is 0 Å². The van der Waals surface area contributed by atoms with Crippen molar-refractivity contribution in [3.05, 3.63) is 24.3 Å². The normalized spacial score (nSPS) is 19.5. The number of carbonyl (C=O) groups excluding carboxylic acids is 2. The molecule has 0 atom stereocenters. The van der Waals surface area contributed by atoms with E-state index in [-0.39, 0.29) is 18.1 Å². The Morgan fingerprint density at radius 2 is 1.42 bits per heavy atom. The van der Waals surface area contributed by atoms with Gasteiger partial charge in [0, 0.05) is 65.5 Å². The molecule has 1 aromatic carbocycles. The van der Waals surface area contributed by atoms with E-state index in [1.165, 1.54) is 4.90 Å². The van der Waals surface area contributed by atoms with Crippen LogP contribution in [0.3, 0.4) is 0 Å². The predicted octanol–water partition coefficient (Wildman–Crippen LogP) is 1.47. The Bertz CT molecular complexity index is 606. The van der Waals surface area contributed by atoms with Crippen LogP contribution in [0.5, 0.6) is 0 Å². The van der Waals surface area contributed by atoms with Gasteiger partial charge in [-0.05, 0) is 30.7 Å². The molecule has 2 amide bonds. The molecule has 2 fully saturated rings. The molecule has 0 radical (unpaired) electrons. The monoisotopic (exact) mass is 361 g/mol. The number of carbonyl (C=O) groups is 2. The van der Waals surface area contributed by atoms with Gasteiger partial charge in [-0.15, -0.1) is 0 Å². The van der Waals surface area contributed by atoms with E-state index in [1.807, 2.05) is 24.3 Å². The van der Waals surface area contributed by atoms with E-state index in [0.717, 1.165) is 38.4 Å². The number of piperidine rings is 1. The van der Waals surface area contributed by atoms with Crippen LogP contribution in [0.4, 0.5) is 11.4 Å². The van der Waals surface area contributed by atoms with Gasteiger partial charge >= 0.3 is 0 Å². The van der Waals surface area contributed by atoms with Crippen molar-refractivity contribution in [3.63, 3.8) is 0 Å². The zero-order valence-corrected chi connectivity index (χ0v) is 15.5. The van der Waals surface area contributed by atoms with Crippen LogP contribution in [0.1, 0.15) is 19.3 Å². The molecule has 3 rings (SSSR count). The van der Waals surface area contributed by atoms with E-state index in [0.29, 0.717) is 24.9 Å². The second-order valence-corrected chi connectivity index (χ2v) is 6.68. The summed E-state index contributed by atoms with van der Waals surface area (Å²) in [6.45, 7) is 4.48. The number of benzene rings is 1. The molecule has 2 heterocycles. The van der Waals surface area contributed by atoms with E-state index in [2.05, 4.69) is 9.80 Å². The summed E-state index contributed by atoms with van der Waals surface area (Å²) in [5.41, 5.74) is 1.78. The van der Waals surface area contributed by atoms with Crippen LogP contribution in [0.25, 0.3) is 0 Å². The number of anilines is 2. The van der Waals surface area contributed by atoms with Crippen molar-refractivity contribution in [3.8, 4) is 0 Å². The van der Waals surface area contributed by atoms with Crippen LogP contribution in [-0.4, -0.2) is 69.9 Å². The number of nitrogens with zero attached hydrogens (tertiary/aromatic N) is 3. The molecule has 2 aliphatic rings. The number of hydrogen-bond acceptors (Lipinski definition) is 6. The maximum absolute atomic E-state index is 12.0. The summed E-state index contributed by atoms with van der Waals surface area (Å²) in [4.78, 5) is 30.0. The third-order valence-electron chi connectivity index (χ3n) is 5.06. The lowest BCUT2D eigenvalue weighted by Gasteiger charge is -2.37. The largest absolute Gasteiger partial charge is 0.369 e. The summed E-state index contributed by atoms with van der Waals surface area (Å²) >= 11 is 0. The van der Waals surface area contributed by atoms with Gasteiger partial charge in [0.2, 0.25) is 11.8 Å². The number of ether oxygens (including phenoxy) is 2. The smallest absolute Gasteiger partial charge is 0.233 e. The Balaban J connectivity index is 1.58. The van der Waals surface area contributed by atoms with Crippen LogP contribution < -0.4 is 9.80 Å². The highest BCUT2D eigenvalue weighted by molar-refractivity contribution is 6.16. The van der Waals surface area contributed by atoms with Crippen molar-refractivity contribution in [1.82, 2.24) is 4.90 Å². The van der Waals surface area contributed by atoms with Crippen LogP contribution >= 0.6 is 0 Å². The first-order valence-electron chi connectivity index (χ1n) is 9.11. The SMILES string of the molecule is COC(CN1CCN(c2ccc(N3C(=O)CCCC3=O)cc2)CC1)OC. The third-order valence-corrected chi connectivity index (χ3v) is 5.06. The molecule has 0 saturated carbocycles. The Hall–Kier alpha value is -1.96. The predicted molar refractivity (Wildman–Crippen MR) is 99.2 cm³/mol. The molecule has 0 N–H and O–H groups in total. The zero-order chi connectivity index (χ0) is 18.5. The molecule has 0 aromatic heterocycles. The fraction of sp³-hybridized carbons (Fsp3) is 0.579. The average Bonchev–Trinajstić information content (AvgIpc) is 2.67. The van der Waals surface area contributed by atoms with Gasteiger partial charge < -0.3 is 14.4 Å². The molecule has 0 spiro atoms.